The van der Waals surface area contributed by atoms with E-state index in [-0.39, 0.29) is 5.41 Å². The Labute approximate surface area is 104 Å². The minimum Gasteiger partial charge on any atom is -0.404 e. The average molecular weight is 236 g/mol. The molecule has 0 saturated carbocycles. The number of allylic oxidation sites excluding steroid dienone is 1. The Morgan fingerprint density at radius 2 is 2.12 bits per heavy atom. The monoisotopic (exact) mass is 236 g/mol. The van der Waals surface area contributed by atoms with Crippen LogP contribution in [0.1, 0.15) is 34.1 Å². The van der Waals surface area contributed by atoms with Gasteiger partial charge in [-0.25, -0.2) is 0 Å². The molecule has 0 radical (unpaired) electrons. The zero-order valence-electron chi connectivity index (χ0n) is 11.4. The lowest BCUT2D eigenvalue weighted by Gasteiger charge is -2.51. The molecule has 2 heterocycles. The van der Waals surface area contributed by atoms with E-state index in [1.807, 2.05) is 0 Å². The molecule has 0 amide bonds. The Hall–Kier alpha value is -0.830. The van der Waals surface area contributed by atoms with Gasteiger partial charge in [-0.3, -0.25) is 4.99 Å². The number of rotatable bonds is 2. The number of nitrogens with zero attached hydrogens (tertiary/aromatic N) is 1. The summed E-state index contributed by atoms with van der Waals surface area (Å²) in [5.41, 5.74) is 8.42. The van der Waals surface area contributed by atoms with Gasteiger partial charge < -0.3 is 10.5 Å². The molecule has 0 bridgehead atoms. The van der Waals surface area contributed by atoms with Crippen molar-refractivity contribution in [1.82, 2.24) is 0 Å². The minimum atomic E-state index is 0.127. The van der Waals surface area contributed by atoms with Crippen molar-refractivity contribution in [3.05, 3.63) is 11.8 Å². The van der Waals surface area contributed by atoms with E-state index in [1.165, 1.54) is 12.1 Å². The Balaban J connectivity index is 2.36. The summed E-state index contributed by atoms with van der Waals surface area (Å²) in [6.45, 7) is 11.6. The van der Waals surface area contributed by atoms with Crippen LogP contribution in [0.5, 0.6) is 0 Å². The van der Waals surface area contributed by atoms with Gasteiger partial charge in [0.1, 0.15) is 0 Å². The van der Waals surface area contributed by atoms with Gasteiger partial charge in [-0.05, 0) is 31.0 Å². The SMILES string of the molecule is C/C(=C/N)C1=NCC2(COC2)CC1(C)C(C)C. The average Bonchev–Trinajstić information content (AvgIpc) is 2.25. The molecule has 2 N–H and O–H groups in total. The van der Waals surface area contributed by atoms with E-state index in [0.29, 0.717) is 11.3 Å². The molecule has 3 heteroatoms. The molecule has 2 rings (SSSR count). The second kappa shape index (κ2) is 4.13. The first kappa shape index (κ1) is 12.6. The molecule has 1 unspecified atom stereocenters. The third-order valence-electron chi connectivity index (χ3n) is 4.57. The van der Waals surface area contributed by atoms with Crippen LogP contribution in [0.25, 0.3) is 0 Å². The second-order valence-electron chi connectivity index (χ2n) is 6.26. The lowest BCUT2D eigenvalue weighted by molar-refractivity contribution is -0.128. The highest BCUT2D eigenvalue weighted by Crippen LogP contribution is 2.49. The molecule has 2 aliphatic heterocycles. The third-order valence-corrected chi connectivity index (χ3v) is 4.57. The summed E-state index contributed by atoms with van der Waals surface area (Å²) in [5.74, 6) is 0.564. The van der Waals surface area contributed by atoms with Gasteiger partial charge in [0.25, 0.3) is 0 Å². The molecule has 3 nitrogen and oxygen atoms in total. The molecular formula is C14H24N2O. The summed E-state index contributed by atoms with van der Waals surface area (Å²) >= 11 is 0. The van der Waals surface area contributed by atoms with E-state index in [1.54, 1.807) is 6.20 Å². The minimum absolute atomic E-state index is 0.127. The second-order valence-corrected chi connectivity index (χ2v) is 6.26. The van der Waals surface area contributed by atoms with Gasteiger partial charge in [-0.1, -0.05) is 20.8 Å². The van der Waals surface area contributed by atoms with E-state index in [2.05, 4.69) is 27.7 Å². The molecule has 1 saturated heterocycles. The molecule has 1 fully saturated rings. The molecule has 0 aliphatic carbocycles. The van der Waals surface area contributed by atoms with Crippen molar-refractivity contribution in [3.8, 4) is 0 Å². The maximum absolute atomic E-state index is 5.67. The van der Waals surface area contributed by atoms with Crippen LogP contribution in [-0.2, 0) is 4.74 Å². The van der Waals surface area contributed by atoms with Crippen LogP contribution in [0, 0.1) is 16.7 Å². The highest BCUT2D eigenvalue weighted by molar-refractivity contribution is 6.04. The van der Waals surface area contributed by atoms with Crippen LogP contribution in [0.4, 0.5) is 0 Å². The highest BCUT2D eigenvalue weighted by Gasteiger charge is 2.50. The van der Waals surface area contributed by atoms with Gasteiger partial charge in [0.15, 0.2) is 0 Å². The number of ether oxygens (including phenoxy) is 1. The molecular weight excluding hydrogens is 212 g/mol. The van der Waals surface area contributed by atoms with Crippen molar-refractivity contribution in [2.45, 2.75) is 34.1 Å². The normalized spacial score (nSPS) is 32.5. The summed E-state index contributed by atoms with van der Waals surface area (Å²) in [4.78, 5) is 4.84. The van der Waals surface area contributed by atoms with Crippen LogP contribution in [0.3, 0.4) is 0 Å². The first-order chi connectivity index (χ1) is 7.93. The van der Waals surface area contributed by atoms with Crippen LogP contribution in [-0.4, -0.2) is 25.5 Å². The summed E-state index contributed by atoms with van der Waals surface area (Å²) in [6, 6.07) is 0. The Bertz CT molecular complexity index is 366. The summed E-state index contributed by atoms with van der Waals surface area (Å²) in [5, 5.41) is 0. The smallest absolute Gasteiger partial charge is 0.0563 e. The van der Waals surface area contributed by atoms with Crippen molar-refractivity contribution in [2.75, 3.05) is 19.8 Å². The summed E-state index contributed by atoms with van der Waals surface area (Å²) in [7, 11) is 0. The van der Waals surface area contributed by atoms with E-state index in [0.717, 1.165) is 25.3 Å². The van der Waals surface area contributed by atoms with Crippen molar-refractivity contribution < 1.29 is 4.74 Å². The number of aliphatic imine (C=N–C) groups is 1. The fourth-order valence-corrected chi connectivity index (χ4v) is 3.06. The highest BCUT2D eigenvalue weighted by atomic mass is 16.5. The van der Waals surface area contributed by atoms with Crippen LogP contribution < -0.4 is 5.73 Å². The van der Waals surface area contributed by atoms with Crippen LogP contribution in [0.2, 0.25) is 0 Å². The Morgan fingerprint density at radius 1 is 1.47 bits per heavy atom. The zero-order valence-corrected chi connectivity index (χ0v) is 11.4. The molecule has 96 valence electrons. The molecule has 17 heavy (non-hydrogen) atoms. The van der Waals surface area contributed by atoms with E-state index < -0.39 is 0 Å². The molecule has 0 aromatic heterocycles. The zero-order chi connectivity index (χ0) is 12.7. The summed E-state index contributed by atoms with van der Waals surface area (Å²) in [6.07, 6.45) is 2.86. The van der Waals surface area contributed by atoms with Crippen molar-refractivity contribution in [1.29, 1.82) is 0 Å². The standard InChI is InChI=1S/C14H24N2O/c1-10(2)13(4)6-14(8-17-9-14)7-16-12(13)11(3)5-15/h5,10H,6-9,15H2,1-4H3/b11-5-. The van der Waals surface area contributed by atoms with Gasteiger partial charge in [-0.15, -0.1) is 0 Å². The van der Waals surface area contributed by atoms with E-state index in [4.69, 9.17) is 15.5 Å². The fraction of sp³-hybridized carbons (Fsp3) is 0.786. The fourth-order valence-electron chi connectivity index (χ4n) is 3.06. The van der Waals surface area contributed by atoms with Gasteiger partial charge in [0.2, 0.25) is 0 Å². The number of hydrogen-bond donors (Lipinski definition) is 1. The van der Waals surface area contributed by atoms with Crippen LogP contribution >= 0.6 is 0 Å². The van der Waals surface area contributed by atoms with E-state index in [9.17, 15) is 0 Å². The maximum Gasteiger partial charge on any atom is 0.0563 e. The Morgan fingerprint density at radius 3 is 2.53 bits per heavy atom. The van der Waals surface area contributed by atoms with Crippen LogP contribution in [0.15, 0.2) is 16.8 Å². The van der Waals surface area contributed by atoms with Gasteiger partial charge in [0.05, 0.1) is 13.2 Å². The predicted molar refractivity (Wildman–Crippen MR) is 71.1 cm³/mol. The van der Waals surface area contributed by atoms with E-state index >= 15 is 0 Å². The number of nitrogens with two attached hydrogens (primary N) is 1. The first-order valence-electron chi connectivity index (χ1n) is 6.45. The molecule has 0 aromatic rings. The lowest BCUT2D eigenvalue weighted by atomic mass is 9.60. The van der Waals surface area contributed by atoms with Crippen molar-refractivity contribution in [2.24, 2.45) is 27.5 Å². The van der Waals surface area contributed by atoms with Gasteiger partial charge in [0, 0.05) is 23.1 Å². The largest absolute Gasteiger partial charge is 0.404 e. The van der Waals surface area contributed by atoms with Gasteiger partial charge in [-0.2, -0.15) is 0 Å². The van der Waals surface area contributed by atoms with Gasteiger partial charge >= 0.3 is 0 Å². The molecule has 2 aliphatic rings. The summed E-state index contributed by atoms with van der Waals surface area (Å²) < 4.78 is 5.40. The topological polar surface area (TPSA) is 47.6 Å². The molecule has 1 spiro atoms. The third kappa shape index (κ3) is 1.90. The quantitative estimate of drug-likeness (QED) is 0.800. The molecule has 1 atom stereocenters. The Kier molecular flexibility index (Phi) is 3.06. The van der Waals surface area contributed by atoms with Crippen molar-refractivity contribution >= 4 is 5.71 Å². The lowest BCUT2D eigenvalue weighted by Crippen LogP contribution is -2.54. The maximum atomic E-state index is 5.67. The predicted octanol–water partition coefficient (Wildman–Crippen LogP) is 2.37. The first-order valence-corrected chi connectivity index (χ1v) is 6.45. The molecule has 0 aromatic carbocycles. The number of hydrogen-bond acceptors (Lipinski definition) is 3. The van der Waals surface area contributed by atoms with Crippen molar-refractivity contribution in [3.63, 3.8) is 0 Å².